The average molecular weight is 454 g/mol. The zero-order valence-corrected chi connectivity index (χ0v) is 17.9. The van der Waals surface area contributed by atoms with E-state index in [4.69, 9.17) is 0 Å². The van der Waals surface area contributed by atoms with E-state index in [9.17, 15) is 30.6 Å². The number of fused-ring (bicyclic) bond motifs is 1. The zero-order valence-electron chi connectivity index (χ0n) is 17.9. The Morgan fingerprint density at radius 3 is 1.68 bits per heavy atom. The van der Waals surface area contributed by atoms with Gasteiger partial charge in [-0.1, -0.05) is 30.3 Å². The Morgan fingerprint density at radius 2 is 1.06 bits per heavy atom. The van der Waals surface area contributed by atoms with Gasteiger partial charge in [-0.25, -0.2) is 0 Å². The van der Waals surface area contributed by atoms with Crippen LogP contribution in [0, 0.1) is 0 Å². The molecule has 6 N–H and O–H groups in total. The SMILES string of the molecule is Oc1ccc(/C=C2\c3cc(O)cc(O)c3[C@@H](c3ccc(O)cc3)[C@@H]2c2cc(O)cc(O)c2)cc1. The minimum absolute atomic E-state index is 0.0865. The Bertz CT molecular complexity index is 1380. The first kappa shape index (κ1) is 21.3. The highest BCUT2D eigenvalue weighted by Crippen LogP contribution is 2.58. The summed E-state index contributed by atoms with van der Waals surface area (Å²) in [6, 6.07) is 20.5. The molecule has 0 unspecified atom stereocenters. The molecule has 0 aromatic heterocycles. The summed E-state index contributed by atoms with van der Waals surface area (Å²) in [5.74, 6) is -1.07. The minimum Gasteiger partial charge on any atom is -0.508 e. The second kappa shape index (κ2) is 8.08. The molecule has 170 valence electrons. The average Bonchev–Trinajstić information content (AvgIpc) is 3.09. The lowest BCUT2D eigenvalue weighted by Crippen LogP contribution is -2.08. The summed E-state index contributed by atoms with van der Waals surface area (Å²) in [6.07, 6.45) is 1.89. The van der Waals surface area contributed by atoms with Crippen LogP contribution in [0.4, 0.5) is 0 Å². The lowest BCUT2D eigenvalue weighted by Gasteiger charge is -2.23. The first-order chi connectivity index (χ1) is 16.3. The summed E-state index contributed by atoms with van der Waals surface area (Å²) in [5.41, 5.74) is 4.13. The molecule has 1 aliphatic rings. The summed E-state index contributed by atoms with van der Waals surface area (Å²) in [7, 11) is 0. The summed E-state index contributed by atoms with van der Waals surface area (Å²) < 4.78 is 0. The van der Waals surface area contributed by atoms with Crippen molar-refractivity contribution in [1.29, 1.82) is 0 Å². The number of benzene rings is 4. The van der Waals surface area contributed by atoms with Gasteiger partial charge in [-0.3, -0.25) is 0 Å². The van der Waals surface area contributed by atoms with Crippen LogP contribution in [0.2, 0.25) is 0 Å². The molecule has 1 aliphatic carbocycles. The zero-order chi connectivity index (χ0) is 24.0. The number of rotatable bonds is 3. The van der Waals surface area contributed by atoms with E-state index < -0.39 is 11.8 Å². The fourth-order valence-corrected chi connectivity index (χ4v) is 4.83. The van der Waals surface area contributed by atoms with Gasteiger partial charge in [0.1, 0.15) is 34.5 Å². The van der Waals surface area contributed by atoms with Crippen molar-refractivity contribution in [2.75, 3.05) is 0 Å². The monoisotopic (exact) mass is 454 g/mol. The number of hydrogen-bond donors (Lipinski definition) is 6. The molecule has 2 atom stereocenters. The van der Waals surface area contributed by atoms with Crippen molar-refractivity contribution in [2.24, 2.45) is 0 Å². The van der Waals surface area contributed by atoms with Crippen LogP contribution in [0.3, 0.4) is 0 Å². The van der Waals surface area contributed by atoms with Gasteiger partial charge in [-0.2, -0.15) is 0 Å². The molecule has 0 spiro atoms. The predicted molar refractivity (Wildman–Crippen MR) is 128 cm³/mol. The van der Waals surface area contributed by atoms with Gasteiger partial charge >= 0.3 is 0 Å². The van der Waals surface area contributed by atoms with Crippen LogP contribution < -0.4 is 0 Å². The van der Waals surface area contributed by atoms with E-state index in [1.165, 1.54) is 12.1 Å². The molecule has 0 bridgehead atoms. The van der Waals surface area contributed by atoms with Crippen LogP contribution in [-0.4, -0.2) is 30.6 Å². The van der Waals surface area contributed by atoms with Crippen LogP contribution in [0.1, 0.15) is 39.7 Å². The van der Waals surface area contributed by atoms with Crippen molar-refractivity contribution in [3.8, 4) is 34.5 Å². The Labute approximate surface area is 195 Å². The Balaban J connectivity index is 1.82. The van der Waals surface area contributed by atoms with Gasteiger partial charge in [-0.15, -0.1) is 0 Å². The van der Waals surface area contributed by atoms with E-state index in [0.717, 1.165) is 16.7 Å². The summed E-state index contributed by atoms with van der Waals surface area (Å²) >= 11 is 0. The fraction of sp³-hybridized carbons (Fsp3) is 0.0714. The molecule has 4 aromatic rings. The molecule has 34 heavy (non-hydrogen) atoms. The maximum absolute atomic E-state index is 10.9. The number of phenolic OH excluding ortho intramolecular Hbond substituents is 6. The van der Waals surface area contributed by atoms with Crippen LogP contribution >= 0.6 is 0 Å². The van der Waals surface area contributed by atoms with Crippen LogP contribution in [0.5, 0.6) is 34.5 Å². The van der Waals surface area contributed by atoms with Gasteiger partial charge < -0.3 is 30.6 Å². The van der Waals surface area contributed by atoms with Gasteiger partial charge in [0.05, 0.1) is 0 Å². The molecule has 4 aromatic carbocycles. The van der Waals surface area contributed by atoms with E-state index in [2.05, 4.69) is 0 Å². The van der Waals surface area contributed by atoms with Gasteiger partial charge in [-0.05, 0) is 70.3 Å². The molecule has 0 heterocycles. The smallest absolute Gasteiger partial charge is 0.123 e. The largest absolute Gasteiger partial charge is 0.508 e. The molecule has 6 heteroatoms. The highest BCUT2D eigenvalue weighted by Gasteiger charge is 2.41. The van der Waals surface area contributed by atoms with Crippen LogP contribution in [0.15, 0.2) is 78.9 Å². The Morgan fingerprint density at radius 1 is 0.500 bits per heavy atom. The molecule has 5 rings (SSSR count). The number of allylic oxidation sites excluding steroid dienone is 1. The molecule has 0 aliphatic heterocycles. The van der Waals surface area contributed by atoms with E-state index in [1.54, 1.807) is 66.7 Å². The van der Waals surface area contributed by atoms with E-state index >= 15 is 0 Å². The number of aromatic hydroxyl groups is 6. The third-order valence-corrected chi connectivity index (χ3v) is 6.18. The highest BCUT2D eigenvalue weighted by atomic mass is 16.3. The van der Waals surface area contributed by atoms with Gasteiger partial charge in [0.25, 0.3) is 0 Å². The fourth-order valence-electron chi connectivity index (χ4n) is 4.83. The van der Waals surface area contributed by atoms with Crippen molar-refractivity contribution in [2.45, 2.75) is 11.8 Å². The molecule has 0 radical (unpaired) electrons. The van der Waals surface area contributed by atoms with Crippen molar-refractivity contribution >= 4 is 11.6 Å². The quantitative estimate of drug-likeness (QED) is 0.247. The molecular formula is C28H22O6. The third kappa shape index (κ3) is 3.75. The maximum Gasteiger partial charge on any atom is 0.123 e. The molecular weight excluding hydrogens is 432 g/mol. The van der Waals surface area contributed by atoms with Crippen molar-refractivity contribution < 1.29 is 30.6 Å². The van der Waals surface area contributed by atoms with Crippen LogP contribution in [-0.2, 0) is 0 Å². The Kier molecular flexibility index (Phi) is 5.06. The van der Waals surface area contributed by atoms with Gasteiger partial charge in [0, 0.05) is 29.5 Å². The number of hydrogen-bond acceptors (Lipinski definition) is 6. The Hall–Kier alpha value is -4.58. The first-order valence-corrected chi connectivity index (χ1v) is 10.7. The van der Waals surface area contributed by atoms with E-state index in [1.807, 2.05) is 6.08 Å². The molecule has 0 saturated carbocycles. The minimum atomic E-state index is -0.459. The number of phenols is 6. The lowest BCUT2D eigenvalue weighted by molar-refractivity contribution is 0.444. The van der Waals surface area contributed by atoms with Crippen molar-refractivity contribution in [3.05, 3.63) is 107 Å². The van der Waals surface area contributed by atoms with Crippen molar-refractivity contribution in [3.63, 3.8) is 0 Å². The standard InChI is InChI=1S/C28H22O6/c29-18-5-1-15(2-6-18)9-23-24-13-22(33)14-25(34)28(24)27(16-3-7-19(30)8-4-16)26(23)17-10-20(31)12-21(32)11-17/h1-14,26-27,29-34H/b23-9+/t26-,27+/m1/s1. The third-order valence-electron chi connectivity index (χ3n) is 6.18. The molecule has 6 nitrogen and oxygen atoms in total. The maximum atomic E-state index is 10.9. The lowest BCUT2D eigenvalue weighted by atomic mass is 9.79. The molecule has 0 fully saturated rings. The van der Waals surface area contributed by atoms with E-state index in [-0.39, 0.29) is 34.5 Å². The van der Waals surface area contributed by atoms with Gasteiger partial charge in [0.2, 0.25) is 0 Å². The summed E-state index contributed by atoms with van der Waals surface area (Å²) in [5, 5.41) is 61.2. The highest BCUT2D eigenvalue weighted by molar-refractivity contribution is 5.93. The molecule has 0 amide bonds. The molecule has 0 saturated heterocycles. The topological polar surface area (TPSA) is 121 Å². The second-order valence-corrected chi connectivity index (χ2v) is 8.45. The second-order valence-electron chi connectivity index (χ2n) is 8.45. The predicted octanol–water partition coefficient (Wildman–Crippen LogP) is 5.39. The summed E-state index contributed by atoms with van der Waals surface area (Å²) in [6.45, 7) is 0. The van der Waals surface area contributed by atoms with Crippen molar-refractivity contribution in [1.82, 2.24) is 0 Å². The van der Waals surface area contributed by atoms with Gasteiger partial charge in [0.15, 0.2) is 0 Å². The first-order valence-electron chi connectivity index (χ1n) is 10.7. The van der Waals surface area contributed by atoms with Crippen LogP contribution in [0.25, 0.3) is 11.6 Å². The van der Waals surface area contributed by atoms with E-state index in [0.29, 0.717) is 16.7 Å². The summed E-state index contributed by atoms with van der Waals surface area (Å²) in [4.78, 5) is 0. The normalized spacial score (nSPS) is 18.2.